The van der Waals surface area contributed by atoms with Gasteiger partial charge in [0.1, 0.15) is 11.8 Å². The van der Waals surface area contributed by atoms with Crippen molar-refractivity contribution >= 4 is 17.0 Å². The van der Waals surface area contributed by atoms with Crippen molar-refractivity contribution < 1.29 is 4.48 Å². The molecule has 2 aromatic rings. The molecule has 1 aliphatic rings. The van der Waals surface area contributed by atoms with Crippen LogP contribution >= 0.6 is 0 Å². The molecule has 1 fully saturated rings. The van der Waals surface area contributed by atoms with E-state index in [-0.39, 0.29) is 5.69 Å². The zero-order valence-corrected chi connectivity index (χ0v) is 13.7. The molecule has 124 valence electrons. The first-order valence-electron chi connectivity index (χ1n) is 7.68. The molecule has 1 aliphatic heterocycles. The number of hydrogen-bond acceptors (Lipinski definition) is 5. The van der Waals surface area contributed by atoms with Gasteiger partial charge in [0.2, 0.25) is 0 Å². The van der Waals surface area contributed by atoms with Crippen LogP contribution in [0.2, 0.25) is 0 Å². The molecule has 0 bridgehead atoms. The summed E-state index contributed by atoms with van der Waals surface area (Å²) in [6, 6.07) is 0. The first-order valence-corrected chi connectivity index (χ1v) is 7.68. The van der Waals surface area contributed by atoms with E-state index in [9.17, 15) is 9.28 Å². The number of halogens is 1. The van der Waals surface area contributed by atoms with Crippen molar-refractivity contribution in [3.05, 3.63) is 28.5 Å². The molecule has 8 heteroatoms. The van der Waals surface area contributed by atoms with Gasteiger partial charge in [-0.15, -0.1) is 9.60 Å². The van der Waals surface area contributed by atoms with Gasteiger partial charge < -0.3 is 4.90 Å². The molecule has 3 rings (SSSR count). The van der Waals surface area contributed by atoms with Gasteiger partial charge in [-0.3, -0.25) is 9.13 Å². The summed E-state index contributed by atoms with van der Waals surface area (Å²) in [4.78, 5) is 23.2. The fraction of sp³-hybridized carbons (Fsp3) is 0.533. The lowest BCUT2D eigenvalue weighted by Gasteiger charge is -2.31. The smallest absolute Gasteiger partial charge is 0.330 e. The summed E-state index contributed by atoms with van der Waals surface area (Å²) in [5, 5.41) is 0.802. The molecular formula is C15H21FN6O. The van der Waals surface area contributed by atoms with Crippen LogP contribution in [-0.4, -0.2) is 50.4 Å². The van der Waals surface area contributed by atoms with Crippen molar-refractivity contribution in [1.29, 1.82) is 0 Å². The molecule has 7 nitrogen and oxygen atoms in total. The van der Waals surface area contributed by atoms with Gasteiger partial charge in [-0.25, -0.2) is 14.8 Å². The summed E-state index contributed by atoms with van der Waals surface area (Å²) in [6.07, 6.45) is 3.46. The minimum absolute atomic E-state index is 0.122. The quantitative estimate of drug-likeness (QED) is 0.626. The van der Waals surface area contributed by atoms with E-state index in [0.717, 1.165) is 10.7 Å². The Bertz CT molecular complexity index is 796. The van der Waals surface area contributed by atoms with Crippen LogP contribution in [0.3, 0.4) is 0 Å². The summed E-state index contributed by atoms with van der Waals surface area (Å²) in [5.41, 5.74) is 2.33. The molecule has 0 N–H and O–H groups in total. The van der Waals surface area contributed by atoms with E-state index in [4.69, 9.17) is 0 Å². The Kier molecular flexibility index (Phi) is 4.16. The highest BCUT2D eigenvalue weighted by Gasteiger charge is 2.23. The van der Waals surface area contributed by atoms with E-state index >= 15 is 0 Å². The molecule has 0 aromatic carbocycles. The molecule has 0 saturated carbocycles. The number of piperazine rings is 1. The Hall–Kier alpha value is -2.22. The summed E-state index contributed by atoms with van der Waals surface area (Å²) >= 11 is 0. The van der Waals surface area contributed by atoms with Crippen LogP contribution in [0.1, 0.15) is 13.8 Å². The van der Waals surface area contributed by atoms with Crippen molar-refractivity contribution in [3.8, 4) is 0 Å². The number of fused-ring (bicyclic) bond motifs is 1. The van der Waals surface area contributed by atoms with E-state index in [2.05, 4.69) is 9.97 Å². The predicted molar refractivity (Wildman–Crippen MR) is 87.1 cm³/mol. The monoisotopic (exact) mass is 320 g/mol. The molecule has 0 unspecified atom stereocenters. The number of anilines is 1. The summed E-state index contributed by atoms with van der Waals surface area (Å²) in [5.74, 6) is 0.697. The zero-order chi connectivity index (χ0) is 16.6. The van der Waals surface area contributed by atoms with Crippen molar-refractivity contribution in [2.75, 3.05) is 31.1 Å². The number of imidazole rings is 1. The minimum Gasteiger partial charge on any atom is -0.352 e. The molecule has 0 spiro atoms. The Morgan fingerprint density at radius 2 is 1.96 bits per heavy atom. The maximum atomic E-state index is 13.3. The van der Waals surface area contributed by atoms with Crippen molar-refractivity contribution in [2.45, 2.75) is 20.4 Å². The molecule has 0 aliphatic carbocycles. The van der Waals surface area contributed by atoms with Crippen molar-refractivity contribution in [1.82, 2.24) is 24.2 Å². The normalized spacial score (nSPS) is 16.1. The summed E-state index contributed by atoms with van der Waals surface area (Å²) in [7, 11) is 1.71. The van der Waals surface area contributed by atoms with Gasteiger partial charge in [0.25, 0.3) is 0 Å². The van der Waals surface area contributed by atoms with E-state index in [1.54, 1.807) is 11.6 Å². The molecule has 23 heavy (non-hydrogen) atoms. The Labute approximate surface area is 133 Å². The number of rotatable bonds is 3. The SMILES string of the molecule is CC(C)=CCn1c(=O)n(C)c2ncnc(N3CCN(F)CC3)c21. The molecule has 1 saturated heterocycles. The lowest BCUT2D eigenvalue weighted by Crippen LogP contribution is -2.43. The second-order valence-electron chi connectivity index (χ2n) is 6.00. The third-order valence-electron chi connectivity index (χ3n) is 4.10. The second kappa shape index (κ2) is 6.11. The van der Waals surface area contributed by atoms with E-state index in [0.29, 0.717) is 49.7 Å². The third-order valence-corrected chi connectivity index (χ3v) is 4.10. The van der Waals surface area contributed by atoms with Crippen LogP contribution in [0, 0.1) is 0 Å². The fourth-order valence-corrected chi connectivity index (χ4v) is 2.78. The first-order chi connectivity index (χ1) is 11.0. The Balaban J connectivity index is 2.13. The van der Waals surface area contributed by atoms with Crippen LogP contribution in [0.15, 0.2) is 22.8 Å². The lowest BCUT2D eigenvalue weighted by molar-refractivity contribution is 0.0199. The second-order valence-corrected chi connectivity index (χ2v) is 6.00. The fourth-order valence-electron chi connectivity index (χ4n) is 2.78. The number of nitrogens with zero attached hydrogens (tertiary/aromatic N) is 6. The van der Waals surface area contributed by atoms with Gasteiger partial charge in [-0.1, -0.05) is 11.6 Å². The Morgan fingerprint density at radius 3 is 2.61 bits per heavy atom. The van der Waals surface area contributed by atoms with Gasteiger partial charge in [-0.2, -0.15) is 0 Å². The lowest BCUT2D eigenvalue weighted by atomic mass is 10.3. The summed E-state index contributed by atoms with van der Waals surface area (Å²) in [6.45, 7) is 6.19. The van der Waals surface area contributed by atoms with Crippen LogP contribution in [0.4, 0.5) is 10.3 Å². The molecular weight excluding hydrogens is 299 g/mol. The van der Waals surface area contributed by atoms with Crippen LogP contribution in [-0.2, 0) is 13.6 Å². The van der Waals surface area contributed by atoms with Crippen LogP contribution in [0.5, 0.6) is 0 Å². The highest BCUT2D eigenvalue weighted by molar-refractivity contribution is 5.84. The highest BCUT2D eigenvalue weighted by Crippen LogP contribution is 2.23. The standard InChI is InChI=1S/C15H21FN6O/c1-11(2)4-5-22-12-13(19(3)15(22)23)17-10-18-14(12)20-6-8-21(16)9-7-20/h4,10H,5-9H2,1-3H3. The number of allylic oxidation sites excluding steroid dienone is 2. The molecule has 0 atom stereocenters. The zero-order valence-electron chi connectivity index (χ0n) is 13.7. The average Bonchev–Trinajstić information content (AvgIpc) is 2.78. The average molecular weight is 320 g/mol. The van der Waals surface area contributed by atoms with Crippen molar-refractivity contribution in [3.63, 3.8) is 0 Å². The van der Waals surface area contributed by atoms with Gasteiger partial charge in [-0.05, 0) is 13.8 Å². The Morgan fingerprint density at radius 1 is 1.26 bits per heavy atom. The van der Waals surface area contributed by atoms with Gasteiger partial charge >= 0.3 is 5.69 Å². The van der Waals surface area contributed by atoms with Gasteiger partial charge in [0.15, 0.2) is 11.5 Å². The molecule has 0 radical (unpaired) electrons. The molecule has 3 heterocycles. The largest absolute Gasteiger partial charge is 0.352 e. The van der Waals surface area contributed by atoms with E-state index < -0.39 is 0 Å². The number of aryl methyl sites for hydroxylation is 1. The maximum absolute atomic E-state index is 13.3. The van der Waals surface area contributed by atoms with E-state index in [1.165, 1.54) is 10.9 Å². The van der Waals surface area contributed by atoms with Gasteiger partial charge in [0.05, 0.1) is 0 Å². The van der Waals surface area contributed by atoms with Gasteiger partial charge in [0, 0.05) is 39.8 Å². The number of hydrogen-bond donors (Lipinski definition) is 0. The molecule has 0 amide bonds. The van der Waals surface area contributed by atoms with E-state index in [1.807, 2.05) is 24.8 Å². The first kappa shape index (κ1) is 15.7. The van der Waals surface area contributed by atoms with Crippen molar-refractivity contribution in [2.24, 2.45) is 7.05 Å². The maximum Gasteiger partial charge on any atom is 0.330 e. The minimum atomic E-state index is -0.122. The molecule has 2 aromatic heterocycles. The topological polar surface area (TPSA) is 59.2 Å². The number of aromatic nitrogens is 4. The summed E-state index contributed by atoms with van der Waals surface area (Å²) < 4.78 is 16.5. The van der Waals surface area contributed by atoms with Crippen LogP contribution < -0.4 is 10.6 Å². The highest BCUT2D eigenvalue weighted by atomic mass is 19.2. The third kappa shape index (κ3) is 2.86. The van der Waals surface area contributed by atoms with Crippen LogP contribution in [0.25, 0.3) is 11.2 Å². The predicted octanol–water partition coefficient (Wildman–Crippen LogP) is 1.10.